The molecule has 7 heteroatoms. The molecule has 4 nitrogen and oxygen atoms in total. The molecule has 35 heavy (non-hydrogen) atoms. The summed E-state index contributed by atoms with van der Waals surface area (Å²) in [6, 6.07) is 5.64. The number of allylic oxidation sites excluding steroid dienone is 1. The summed E-state index contributed by atoms with van der Waals surface area (Å²) in [4.78, 5) is 11.4. The second-order valence-corrected chi connectivity index (χ2v) is 10.4. The predicted molar refractivity (Wildman–Crippen MR) is 137 cm³/mol. The van der Waals surface area contributed by atoms with Crippen LogP contribution in [-0.4, -0.2) is 17.0 Å². The number of likely N-dealkylation sites (N-methyl/N-ethyl adjacent to an activating group) is 1. The molecule has 0 bridgehead atoms. The van der Waals surface area contributed by atoms with Crippen LogP contribution in [-0.2, 0) is 11.3 Å². The van der Waals surface area contributed by atoms with Crippen LogP contribution in [0.15, 0.2) is 36.5 Å². The minimum absolute atomic E-state index is 0.165. The summed E-state index contributed by atoms with van der Waals surface area (Å²) < 4.78 is 44.7. The van der Waals surface area contributed by atoms with E-state index in [4.69, 9.17) is 4.98 Å². The Morgan fingerprint density at radius 2 is 1.77 bits per heavy atom. The highest BCUT2D eigenvalue weighted by atomic mass is 19.3. The maximum atomic E-state index is 15.3. The quantitative estimate of drug-likeness (QED) is 0.408. The number of aryl methyl sites for hydroxylation is 2. The van der Waals surface area contributed by atoms with E-state index in [2.05, 4.69) is 41.7 Å². The number of nitrogens with one attached hydrogen (secondary N) is 1. The Morgan fingerprint density at radius 1 is 1.11 bits per heavy atom. The van der Waals surface area contributed by atoms with Crippen molar-refractivity contribution in [1.29, 1.82) is 0 Å². The standard InChI is InChI=1S/C28H33F3N4/c1-14(2)28(30,31)21-12-10-11-19(23(21)29)16(4)32-26-20-13-22-25(35(9)17(5)27(22,7)8)15(3)24(20)33-18(6)34-26/h10-14,16H,5H2,1-4,6-9H3,(H,32,33,34)/t16-/m1/s1. The maximum Gasteiger partial charge on any atom is 0.278 e. The summed E-state index contributed by atoms with van der Waals surface area (Å²) in [6.45, 7) is 16.9. The van der Waals surface area contributed by atoms with E-state index >= 15 is 4.39 Å². The molecule has 2 aromatic carbocycles. The number of anilines is 2. The lowest BCUT2D eigenvalue weighted by atomic mass is 9.83. The Labute approximate surface area is 205 Å². The van der Waals surface area contributed by atoms with E-state index in [0.29, 0.717) is 11.6 Å². The summed E-state index contributed by atoms with van der Waals surface area (Å²) in [5.74, 6) is -4.07. The third-order valence-corrected chi connectivity index (χ3v) is 7.38. The molecule has 0 unspecified atom stereocenters. The number of alkyl halides is 2. The molecule has 186 valence electrons. The van der Waals surface area contributed by atoms with Gasteiger partial charge in [0.2, 0.25) is 0 Å². The second kappa shape index (κ2) is 8.25. The van der Waals surface area contributed by atoms with Gasteiger partial charge in [-0.2, -0.15) is 0 Å². The zero-order valence-corrected chi connectivity index (χ0v) is 21.6. The van der Waals surface area contributed by atoms with Crippen molar-refractivity contribution in [2.24, 2.45) is 5.92 Å². The van der Waals surface area contributed by atoms with Gasteiger partial charge in [0, 0.05) is 40.7 Å². The number of rotatable bonds is 5. The molecular formula is C28H33F3N4. The van der Waals surface area contributed by atoms with E-state index in [9.17, 15) is 8.78 Å². The van der Waals surface area contributed by atoms with Crippen LogP contribution in [0.4, 0.5) is 24.7 Å². The number of nitrogens with zero attached hydrogens (tertiary/aromatic N) is 3. The molecule has 0 amide bonds. The summed E-state index contributed by atoms with van der Waals surface area (Å²) in [6.07, 6.45) is 0. The summed E-state index contributed by atoms with van der Waals surface area (Å²) in [7, 11) is 2.01. The molecule has 1 aromatic heterocycles. The van der Waals surface area contributed by atoms with Crippen molar-refractivity contribution < 1.29 is 13.2 Å². The molecule has 0 fully saturated rings. The predicted octanol–water partition coefficient (Wildman–Crippen LogP) is 7.55. The van der Waals surface area contributed by atoms with Gasteiger partial charge in [0.1, 0.15) is 17.5 Å². The lowest BCUT2D eigenvalue weighted by molar-refractivity contribution is -0.0545. The number of hydrogen-bond donors (Lipinski definition) is 1. The molecule has 0 aliphatic carbocycles. The normalized spacial score (nSPS) is 16.2. The average molecular weight is 483 g/mol. The van der Waals surface area contributed by atoms with Gasteiger partial charge in [0.05, 0.1) is 17.1 Å². The van der Waals surface area contributed by atoms with Crippen LogP contribution >= 0.6 is 0 Å². The van der Waals surface area contributed by atoms with Crippen molar-refractivity contribution in [1.82, 2.24) is 9.97 Å². The fourth-order valence-electron chi connectivity index (χ4n) is 4.99. The Hall–Kier alpha value is -3.09. The molecule has 1 aliphatic heterocycles. The number of benzene rings is 2. The summed E-state index contributed by atoms with van der Waals surface area (Å²) in [5.41, 5.74) is 4.30. The molecule has 0 spiro atoms. The number of halogens is 3. The second-order valence-electron chi connectivity index (χ2n) is 10.4. The van der Waals surface area contributed by atoms with Crippen molar-refractivity contribution in [3.63, 3.8) is 0 Å². The summed E-state index contributed by atoms with van der Waals surface area (Å²) in [5, 5.41) is 4.09. The Balaban J connectivity index is 1.84. The summed E-state index contributed by atoms with van der Waals surface area (Å²) >= 11 is 0. The van der Waals surface area contributed by atoms with Crippen molar-refractivity contribution in [3.05, 3.63) is 70.4 Å². The number of fused-ring (bicyclic) bond motifs is 2. The first-order chi connectivity index (χ1) is 16.2. The fourth-order valence-corrected chi connectivity index (χ4v) is 4.99. The molecule has 3 aromatic rings. The third-order valence-electron chi connectivity index (χ3n) is 7.38. The van der Waals surface area contributed by atoms with Gasteiger partial charge >= 0.3 is 0 Å². The van der Waals surface area contributed by atoms with Crippen molar-refractivity contribution >= 4 is 22.4 Å². The van der Waals surface area contributed by atoms with E-state index < -0.39 is 29.3 Å². The van der Waals surface area contributed by atoms with Crippen LogP contribution in [0.3, 0.4) is 0 Å². The molecule has 4 rings (SSSR count). The monoisotopic (exact) mass is 482 g/mol. The van der Waals surface area contributed by atoms with E-state index in [1.54, 1.807) is 13.8 Å². The number of aromatic nitrogens is 2. The van der Waals surface area contributed by atoms with Gasteiger partial charge in [-0.3, -0.25) is 0 Å². The van der Waals surface area contributed by atoms with E-state index in [1.165, 1.54) is 26.0 Å². The molecule has 0 saturated heterocycles. The van der Waals surface area contributed by atoms with Crippen molar-refractivity contribution in [2.75, 3.05) is 17.3 Å². The van der Waals surface area contributed by atoms with Crippen LogP contribution in [0, 0.1) is 25.6 Å². The van der Waals surface area contributed by atoms with Gasteiger partial charge in [-0.05, 0) is 38.0 Å². The van der Waals surface area contributed by atoms with Gasteiger partial charge in [-0.1, -0.05) is 52.5 Å². The molecule has 0 saturated carbocycles. The lowest BCUT2D eigenvalue weighted by Gasteiger charge is -2.24. The lowest BCUT2D eigenvalue weighted by Crippen LogP contribution is -2.24. The van der Waals surface area contributed by atoms with Crippen LogP contribution in [0.2, 0.25) is 0 Å². The largest absolute Gasteiger partial charge is 0.363 e. The smallest absolute Gasteiger partial charge is 0.278 e. The van der Waals surface area contributed by atoms with Crippen LogP contribution in [0.1, 0.15) is 68.7 Å². The van der Waals surface area contributed by atoms with Gasteiger partial charge in [-0.15, -0.1) is 0 Å². The molecule has 1 aliphatic rings. The van der Waals surface area contributed by atoms with Crippen LogP contribution < -0.4 is 10.2 Å². The zero-order valence-electron chi connectivity index (χ0n) is 21.6. The SMILES string of the molecule is C=C1N(C)c2c(cc3c(N[C@H](C)c4cccc(C(F)(F)C(C)C)c4F)nc(C)nc3c2C)C1(C)C. The van der Waals surface area contributed by atoms with Gasteiger partial charge in [0.15, 0.2) is 0 Å². The first kappa shape index (κ1) is 25.0. The Morgan fingerprint density at radius 3 is 2.40 bits per heavy atom. The highest BCUT2D eigenvalue weighted by Crippen LogP contribution is 2.50. The Bertz CT molecular complexity index is 1340. The van der Waals surface area contributed by atoms with Gasteiger partial charge in [0.25, 0.3) is 5.92 Å². The van der Waals surface area contributed by atoms with Crippen LogP contribution in [0.25, 0.3) is 10.9 Å². The topological polar surface area (TPSA) is 41.0 Å². The zero-order chi connectivity index (χ0) is 26.0. The van der Waals surface area contributed by atoms with Crippen molar-refractivity contribution in [2.45, 2.75) is 65.8 Å². The molecular weight excluding hydrogens is 449 g/mol. The van der Waals surface area contributed by atoms with Crippen molar-refractivity contribution in [3.8, 4) is 0 Å². The van der Waals surface area contributed by atoms with Crippen LogP contribution in [0.5, 0.6) is 0 Å². The maximum absolute atomic E-state index is 15.3. The minimum Gasteiger partial charge on any atom is -0.363 e. The Kier molecular flexibility index (Phi) is 5.89. The highest BCUT2D eigenvalue weighted by Gasteiger charge is 2.40. The molecule has 0 radical (unpaired) electrons. The van der Waals surface area contributed by atoms with Gasteiger partial charge < -0.3 is 10.2 Å². The van der Waals surface area contributed by atoms with E-state index in [-0.39, 0.29) is 11.0 Å². The first-order valence-electron chi connectivity index (χ1n) is 11.9. The van der Waals surface area contributed by atoms with E-state index in [0.717, 1.165) is 39.5 Å². The highest BCUT2D eigenvalue weighted by molar-refractivity contribution is 5.97. The fraction of sp³-hybridized carbons (Fsp3) is 0.429. The first-order valence-corrected chi connectivity index (χ1v) is 11.9. The average Bonchev–Trinajstić information content (AvgIpc) is 2.94. The van der Waals surface area contributed by atoms with Gasteiger partial charge in [-0.25, -0.2) is 23.1 Å². The third kappa shape index (κ3) is 3.76. The molecule has 1 atom stereocenters. The minimum atomic E-state index is -3.27. The molecule has 2 heterocycles. The molecule has 1 N–H and O–H groups in total. The van der Waals surface area contributed by atoms with E-state index in [1.807, 2.05) is 14.0 Å². The number of hydrogen-bond acceptors (Lipinski definition) is 4.